The summed E-state index contributed by atoms with van der Waals surface area (Å²) in [6, 6.07) is 13.7. The van der Waals surface area contributed by atoms with Gasteiger partial charge in [-0.1, -0.05) is 35.9 Å². The number of benzene rings is 2. The predicted molar refractivity (Wildman–Crippen MR) is 111 cm³/mol. The molecule has 0 aliphatic carbocycles. The van der Waals surface area contributed by atoms with Gasteiger partial charge < -0.3 is 14.8 Å². The average Bonchev–Trinajstić information content (AvgIpc) is 2.68. The molecule has 1 aliphatic rings. The fourth-order valence-electron chi connectivity index (χ4n) is 3.50. The zero-order chi connectivity index (χ0) is 19.9. The van der Waals surface area contributed by atoms with Crippen LogP contribution in [0.5, 0.6) is 5.75 Å². The van der Waals surface area contributed by atoms with Crippen molar-refractivity contribution in [2.24, 2.45) is 0 Å². The van der Waals surface area contributed by atoms with Crippen LogP contribution in [-0.4, -0.2) is 50.3 Å². The number of rotatable bonds is 7. The van der Waals surface area contributed by atoms with Gasteiger partial charge in [0.1, 0.15) is 5.75 Å². The monoisotopic (exact) mass is 402 g/mol. The Balaban J connectivity index is 1.61. The van der Waals surface area contributed by atoms with Crippen LogP contribution in [0.1, 0.15) is 22.7 Å². The van der Waals surface area contributed by atoms with Crippen LogP contribution < -0.4 is 10.1 Å². The first-order valence-corrected chi connectivity index (χ1v) is 9.95. The van der Waals surface area contributed by atoms with Gasteiger partial charge >= 0.3 is 0 Å². The summed E-state index contributed by atoms with van der Waals surface area (Å²) in [7, 11) is 0. The topological polar surface area (TPSA) is 50.8 Å². The van der Waals surface area contributed by atoms with Crippen molar-refractivity contribution in [3.05, 3.63) is 64.2 Å². The van der Waals surface area contributed by atoms with Crippen molar-refractivity contribution in [1.29, 1.82) is 0 Å². The van der Waals surface area contributed by atoms with E-state index in [1.807, 2.05) is 50.2 Å². The number of halogens is 1. The van der Waals surface area contributed by atoms with Crippen LogP contribution in [-0.2, 0) is 9.53 Å². The second-order valence-electron chi connectivity index (χ2n) is 7.10. The second-order valence-corrected chi connectivity index (χ2v) is 7.51. The van der Waals surface area contributed by atoms with E-state index in [0.717, 1.165) is 29.8 Å². The minimum absolute atomic E-state index is 0.00256. The number of ether oxygens (including phenoxy) is 2. The molecule has 0 unspecified atom stereocenters. The van der Waals surface area contributed by atoms with Gasteiger partial charge in [0.05, 0.1) is 19.3 Å². The Hall–Kier alpha value is -2.08. The standard InChI is InChI=1S/C22H27ClN2O3/c1-16-11-17(2)13-18(12-16)28-15-22(26)24-14-21(25-7-9-27-10-8-25)19-5-3-4-6-20(19)23/h3-6,11-13,21H,7-10,14-15H2,1-2H3,(H,24,26)/t21-/m1/s1. The third-order valence-electron chi connectivity index (χ3n) is 4.81. The number of aryl methyl sites for hydroxylation is 2. The Morgan fingerprint density at radius 1 is 1.18 bits per heavy atom. The summed E-state index contributed by atoms with van der Waals surface area (Å²) < 4.78 is 11.1. The first kappa shape index (κ1) is 20.6. The molecule has 1 aliphatic heterocycles. The molecule has 0 bridgehead atoms. The van der Waals surface area contributed by atoms with Gasteiger partial charge in [-0.15, -0.1) is 0 Å². The van der Waals surface area contributed by atoms with E-state index in [0.29, 0.717) is 30.5 Å². The van der Waals surface area contributed by atoms with E-state index in [1.165, 1.54) is 0 Å². The first-order chi connectivity index (χ1) is 13.5. The molecule has 5 nitrogen and oxygen atoms in total. The molecule has 0 spiro atoms. The van der Waals surface area contributed by atoms with Crippen LogP contribution in [0.4, 0.5) is 0 Å². The Morgan fingerprint density at radius 3 is 2.54 bits per heavy atom. The summed E-state index contributed by atoms with van der Waals surface area (Å²) in [5.74, 6) is 0.563. The highest BCUT2D eigenvalue weighted by atomic mass is 35.5. The van der Waals surface area contributed by atoms with Gasteiger partial charge in [0, 0.05) is 24.7 Å². The van der Waals surface area contributed by atoms with Gasteiger partial charge in [0.15, 0.2) is 6.61 Å². The van der Waals surface area contributed by atoms with Gasteiger partial charge in [-0.05, 0) is 48.7 Å². The molecule has 0 radical (unpaired) electrons. The highest BCUT2D eigenvalue weighted by molar-refractivity contribution is 6.31. The zero-order valence-corrected chi connectivity index (χ0v) is 17.2. The van der Waals surface area contributed by atoms with Gasteiger partial charge in [0.2, 0.25) is 0 Å². The number of amides is 1. The Bertz CT molecular complexity index is 786. The maximum atomic E-state index is 12.4. The summed E-state index contributed by atoms with van der Waals surface area (Å²) in [6.07, 6.45) is 0. The summed E-state index contributed by atoms with van der Waals surface area (Å²) in [5.41, 5.74) is 3.24. The molecule has 0 saturated carbocycles. The van der Waals surface area contributed by atoms with E-state index in [4.69, 9.17) is 21.1 Å². The zero-order valence-electron chi connectivity index (χ0n) is 16.4. The van der Waals surface area contributed by atoms with Crippen LogP contribution in [0.2, 0.25) is 5.02 Å². The van der Waals surface area contributed by atoms with E-state index in [-0.39, 0.29) is 18.6 Å². The molecular weight excluding hydrogens is 376 g/mol. The lowest BCUT2D eigenvalue weighted by molar-refractivity contribution is -0.123. The van der Waals surface area contributed by atoms with Crippen LogP contribution in [0.15, 0.2) is 42.5 Å². The van der Waals surface area contributed by atoms with E-state index in [2.05, 4.69) is 16.3 Å². The summed E-state index contributed by atoms with van der Waals surface area (Å²) in [5, 5.41) is 3.71. The maximum absolute atomic E-state index is 12.4. The minimum atomic E-state index is -0.149. The lowest BCUT2D eigenvalue weighted by Gasteiger charge is -2.35. The molecule has 2 aromatic carbocycles. The summed E-state index contributed by atoms with van der Waals surface area (Å²) >= 11 is 6.43. The van der Waals surface area contributed by atoms with Gasteiger partial charge in [0.25, 0.3) is 5.91 Å². The fourth-order valence-corrected chi connectivity index (χ4v) is 3.76. The van der Waals surface area contributed by atoms with Crippen molar-refractivity contribution in [1.82, 2.24) is 10.2 Å². The Morgan fingerprint density at radius 2 is 1.86 bits per heavy atom. The van der Waals surface area contributed by atoms with Crippen LogP contribution in [0.25, 0.3) is 0 Å². The lowest BCUT2D eigenvalue weighted by Crippen LogP contribution is -2.44. The van der Waals surface area contributed by atoms with Gasteiger partial charge in [-0.3, -0.25) is 9.69 Å². The van der Waals surface area contributed by atoms with Crippen molar-refractivity contribution in [3.8, 4) is 5.75 Å². The Labute approximate surface area is 171 Å². The van der Waals surface area contributed by atoms with Crippen LogP contribution in [0.3, 0.4) is 0 Å². The van der Waals surface area contributed by atoms with E-state index in [1.54, 1.807) is 0 Å². The molecule has 28 heavy (non-hydrogen) atoms. The molecule has 2 aromatic rings. The molecule has 1 fully saturated rings. The highest BCUT2D eigenvalue weighted by Crippen LogP contribution is 2.27. The van der Waals surface area contributed by atoms with E-state index >= 15 is 0 Å². The van der Waals surface area contributed by atoms with Gasteiger partial charge in [-0.2, -0.15) is 0 Å². The predicted octanol–water partition coefficient (Wildman–Crippen LogP) is 3.53. The molecule has 1 amide bonds. The number of hydrogen-bond acceptors (Lipinski definition) is 4. The van der Waals surface area contributed by atoms with Crippen LogP contribution >= 0.6 is 11.6 Å². The van der Waals surface area contributed by atoms with Crippen molar-refractivity contribution >= 4 is 17.5 Å². The first-order valence-electron chi connectivity index (χ1n) is 9.57. The molecule has 1 atom stereocenters. The van der Waals surface area contributed by atoms with Crippen LogP contribution in [0, 0.1) is 13.8 Å². The average molecular weight is 403 g/mol. The molecule has 6 heteroatoms. The Kier molecular flexibility index (Phi) is 7.31. The molecule has 1 N–H and O–H groups in total. The second kappa shape index (κ2) is 9.92. The minimum Gasteiger partial charge on any atom is -0.484 e. The summed E-state index contributed by atoms with van der Waals surface area (Å²) in [6.45, 7) is 7.47. The normalized spacial score (nSPS) is 15.8. The maximum Gasteiger partial charge on any atom is 0.258 e. The van der Waals surface area contributed by atoms with Crippen molar-refractivity contribution in [2.75, 3.05) is 39.5 Å². The number of hydrogen-bond donors (Lipinski definition) is 1. The number of nitrogens with zero attached hydrogens (tertiary/aromatic N) is 1. The smallest absolute Gasteiger partial charge is 0.258 e. The SMILES string of the molecule is Cc1cc(C)cc(OCC(=O)NC[C@H](c2ccccc2Cl)N2CCOCC2)c1. The number of carbonyl (C=O) groups excluding carboxylic acids is 1. The molecular formula is C22H27ClN2O3. The van der Waals surface area contributed by atoms with Crippen molar-refractivity contribution < 1.29 is 14.3 Å². The third-order valence-corrected chi connectivity index (χ3v) is 5.15. The molecule has 1 heterocycles. The van der Waals surface area contributed by atoms with E-state index < -0.39 is 0 Å². The molecule has 150 valence electrons. The lowest BCUT2D eigenvalue weighted by atomic mass is 10.0. The van der Waals surface area contributed by atoms with Crippen molar-refractivity contribution in [2.45, 2.75) is 19.9 Å². The van der Waals surface area contributed by atoms with Gasteiger partial charge in [-0.25, -0.2) is 0 Å². The number of carbonyl (C=O) groups is 1. The molecule has 0 aromatic heterocycles. The largest absolute Gasteiger partial charge is 0.484 e. The number of morpholine rings is 1. The highest BCUT2D eigenvalue weighted by Gasteiger charge is 2.24. The molecule has 1 saturated heterocycles. The quantitative estimate of drug-likeness (QED) is 0.769. The van der Waals surface area contributed by atoms with E-state index in [9.17, 15) is 4.79 Å². The van der Waals surface area contributed by atoms with Crippen molar-refractivity contribution in [3.63, 3.8) is 0 Å². The number of nitrogens with one attached hydrogen (secondary N) is 1. The molecule has 3 rings (SSSR count). The fraction of sp³-hybridized carbons (Fsp3) is 0.409. The summed E-state index contributed by atoms with van der Waals surface area (Å²) in [4.78, 5) is 14.7. The third kappa shape index (κ3) is 5.71.